The summed E-state index contributed by atoms with van der Waals surface area (Å²) in [6.07, 6.45) is 0. The molecule has 2 aromatic rings. The van der Waals surface area contributed by atoms with Gasteiger partial charge in [-0.05, 0) is 56.5 Å². The van der Waals surface area contributed by atoms with Crippen LogP contribution in [0.4, 0.5) is 5.69 Å². The van der Waals surface area contributed by atoms with Crippen molar-refractivity contribution in [2.24, 2.45) is 0 Å². The van der Waals surface area contributed by atoms with Gasteiger partial charge < -0.3 is 5.32 Å². The van der Waals surface area contributed by atoms with Crippen molar-refractivity contribution < 1.29 is 4.79 Å². The molecule has 104 valence electrons. The first kappa shape index (κ1) is 14.6. The minimum Gasteiger partial charge on any atom is -0.322 e. The molecule has 2 aromatic carbocycles. The fourth-order valence-electron chi connectivity index (χ4n) is 2.40. The second-order valence-electron chi connectivity index (χ2n) is 5.19. The van der Waals surface area contributed by atoms with Gasteiger partial charge in [-0.3, -0.25) is 4.79 Å². The summed E-state index contributed by atoms with van der Waals surface area (Å²) in [5.74, 6) is -0.0973. The first-order valence-electron chi connectivity index (χ1n) is 6.54. The lowest BCUT2D eigenvalue weighted by Gasteiger charge is -2.12. The van der Waals surface area contributed by atoms with Gasteiger partial charge in [-0.2, -0.15) is 0 Å². The van der Waals surface area contributed by atoms with Gasteiger partial charge in [-0.25, -0.2) is 0 Å². The first-order valence-corrected chi connectivity index (χ1v) is 6.91. The Balaban J connectivity index is 2.31. The van der Waals surface area contributed by atoms with Gasteiger partial charge in [0, 0.05) is 16.3 Å². The average Bonchev–Trinajstić information content (AvgIpc) is 2.32. The molecule has 0 saturated carbocycles. The van der Waals surface area contributed by atoms with Gasteiger partial charge in [0.2, 0.25) is 0 Å². The quantitative estimate of drug-likeness (QED) is 0.842. The maximum atomic E-state index is 12.4. The predicted octanol–water partition coefficient (Wildman–Crippen LogP) is 4.83. The van der Waals surface area contributed by atoms with Crippen LogP contribution in [-0.4, -0.2) is 5.91 Å². The van der Waals surface area contributed by atoms with Crippen molar-refractivity contribution in [2.45, 2.75) is 27.7 Å². The highest BCUT2D eigenvalue weighted by atomic mass is 35.5. The number of nitrogens with one attached hydrogen (secondary N) is 1. The summed E-state index contributed by atoms with van der Waals surface area (Å²) < 4.78 is 0. The average molecular weight is 288 g/mol. The Labute approximate surface area is 124 Å². The number of carbonyl (C=O) groups excluding carboxylic acids is 1. The zero-order chi connectivity index (χ0) is 14.9. The van der Waals surface area contributed by atoms with E-state index in [2.05, 4.69) is 5.32 Å². The van der Waals surface area contributed by atoms with Gasteiger partial charge in [0.1, 0.15) is 0 Å². The molecule has 0 unspecified atom stereocenters. The Bertz CT molecular complexity index is 654. The smallest absolute Gasteiger partial charge is 0.256 e. The van der Waals surface area contributed by atoms with E-state index in [-0.39, 0.29) is 5.91 Å². The standard InChI is InChI=1S/C17H18ClNO/c1-10-7-12(3)16(13(4)8-10)17(20)19-14-6-5-11(2)15(18)9-14/h5-9H,1-4H3,(H,19,20). The molecule has 0 aliphatic heterocycles. The van der Waals surface area contributed by atoms with Gasteiger partial charge in [0.15, 0.2) is 0 Å². The van der Waals surface area contributed by atoms with E-state index in [0.29, 0.717) is 10.7 Å². The van der Waals surface area contributed by atoms with E-state index in [0.717, 1.165) is 27.8 Å². The number of benzene rings is 2. The molecule has 0 aliphatic carbocycles. The third-order valence-electron chi connectivity index (χ3n) is 3.33. The van der Waals surface area contributed by atoms with Crippen molar-refractivity contribution in [1.29, 1.82) is 0 Å². The van der Waals surface area contributed by atoms with E-state index < -0.39 is 0 Å². The Morgan fingerprint density at radius 3 is 2.10 bits per heavy atom. The van der Waals surface area contributed by atoms with Crippen molar-refractivity contribution in [3.05, 3.63) is 63.2 Å². The van der Waals surface area contributed by atoms with Crippen molar-refractivity contribution in [2.75, 3.05) is 5.32 Å². The normalized spacial score (nSPS) is 10.4. The highest BCUT2D eigenvalue weighted by molar-refractivity contribution is 6.31. The number of aryl methyl sites for hydroxylation is 4. The SMILES string of the molecule is Cc1cc(C)c(C(=O)Nc2ccc(C)c(Cl)c2)c(C)c1. The number of rotatable bonds is 2. The van der Waals surface area contributed by atoms with Gasteiger partial charge in [0.25, 0.3) is 5.91 Å². The second kappa shape index (κ2) is 5.68. The second-order valence-corrected chi connectivity index (χ2v) is 5.60. The van der Waals surface area contributed by atoms with E-state index in [1.54, 1.807) is 6.07 Å². The molecule has 1 N–H and O–H groups in total. The van der Waals surface area contributed by atoms with Crippen molar-refractivity contribution in [3.63, 3.8) is 0 Å². The highest BCUT2D eigenvalue weighted by Gasteiger charge is 2.13. The van der Waals surface area contributed by atoms with E-state index in [9.17, 15) is 4.79 Å². The number of halogens is 1. The summed E-state index contributed by atoms with van der Waals surface area (Å²) in [4.78, 5) is 12.4. The highest BCUT2D eigenvalue weighted by Crippen LogP contribution is 2.22. The lowest BCUT2D eigenvalue weighted by Crippen LogP contribution is -2.15. The molecule has 2 nitrogen and oxygen atoms in total. The summed E-state index contributed by atoms with van der Waals surface area (Å²) in [5, 5.41) is 3.56. The van der Waals surface area contributed by atoms with Crippen LogP contribution in [-0.2, 0) is 0 Å². The number of hydrogen-bond acceptors (Lipinski definition) is 1. The van der Waals surface area contributed by atoms with Crippen LogP contribution in [0.5, 0.6) is 0 Å². The summed E-state index contributed by atoms with van der Waals surface area (Å²) in [7, 11) is 0. The van der Waals surface area contributed by atoms with Gasteiger partial charge in [-0.1, -0.05) is 35.4 Å². The number of hydrogen-bond donors (Lipinski definition) is 1. The minimum absolute atomic E-state index is 0.0973. The first-order chi connectivity index (χ1) is 9.38. The molecule has 3 heteroatoms. The fraction of sp³-hybridized carbons (Fsp3) is 0.235. The van der Waals surface area contributed by atoms with E-state index in [1.807, 2.05) is 52.0 Å². The number of anilines is 1. The molecule has 0 bridgehead atoms. The maximum absolute atomic E-state index is 12.4. The molecule has 0 saturated heterocycles. The van der Waals surface area contributed by atoms with Crippen LogP contribution in [0.3, 0.4) is 0 Å². The Morgan fingerprint density at radius 2 is 1.55 bits per heavy atom. The Hall–Kier alpha value is -1.80. The van der Waals surface area contributed by atoms with Crippen LogP contribution >= 0.6 is 11.6 Å². The topological polar surface area (TPSA) is 29.1 Å². The molecule has 0 aromatic heterocycles. The molecule has 0 spiro atoms. The maximum Gasteiger partial charge on any atom is 0.256 e. The van der Waals surface area contributed by atoms with E-state index >= 15 is 0 Å². The minimum atomic E-state index is -0.0973. The molecule has 0 atom stereocenters. The molecular formula is C17H18ClNO. The van der Waals surface area contributed by atoms with Crippen molar-refractivity contribution in [1.82, 2.24) is 0 Å². The van der Waals surface area contributed by atoms with E-state index in [4.69, 9.17) is 11.6 Å². The van der Waals surface area contributed by atoms with Crippen LogP contribution in [0.2, 0.25) is 5.02 Å². The monoisotopic (exact) mass is 287 g/mol. The van der Waals surface area contributed by atoms with Crippen LogP contribution in [0, 0.1) is 27.7 Å². The fourth-order valence-corrected chi connectivity index (χ4v) is 2.58. The predicted molar refractivity (Wildman–Crippen MR) is 84.8 cm³/mol. The molecule has 1 amide bonds. The van der Waals surface area contributed by atoms with E-state index in [1.165, 1.54) is 0 Å². The van der Waals surface area contributed by atoms with Gasteiger partial charge in [-0.15, -0.1) is 0 Å². The third-order valence-corrected chi connectivity index (χ3v) is 3.74. The summed E-state index contributed by atoms with van der Waals surface area (Å²) in [6.45, 7) is 7.87. The molecular weight excluding hydrogens is 270 g/mol. The zero-order valence-electron chi connectivity index (χ0n) is 12.2. The lowest BCUT2D eigenvalue weighted by molar-refractivity contribution is 0.102. The third kappa shape index (κ3) is 3.02. The summed E-state index contributed by atoms with van der Waals surface area (Å²) in [6, 6.07) is 9.56. The molecule has 2 rings (SSSR count). The number of amides is 1. The largest absolute Gasteiger partial charge is 0.322 e. The summed E-state index contributed by atoms with van der Waals surface area (Å²) >= 11 is 6.08. The van der Waals surface area contributed by atoms with Crippen LogP contribution in [0.15, 0.2) is 30.3 Å². The van der Waals surface area contributed by atoms with Crippen molar-refractivity contribution in [3.8, 4) is 0 Å². The van der Waals surface area contributed by atoms with Gasteiger partial charge in [0.05, 0.1) is 0 Å². The molecule has 0 heterocycles. The van der Waals surface area contributed by atoms with Crippen LogP contribution in [0.1, 0.15) is 32.6 Å². The van der Waals surface area contributed by atoms with Crippen LogP contribution in [0.25, 0.3) is 0 Å². The molecule has 20 heavy (non-hydrogen) atoms. The Morgan fingerprint density at radius 1 is 0.950 bits per heavy atom. The molecule has 0 fully saturated rings. The summed E-state index contributed by atoms with van der Waals surface area (Å²) in [5.41, 5.74) is 5.57. The lowest BCUT2D eigenvalue weighted by atomic mass is 9.99. The van der Waals surface area contributed by atoms with Crippen LogP contribution < -0.4 is 5.32 Å². The molecule has 0 radical (unpaired) electrons. The number of carbonyl (C=O) groups is 1. The van der Waals surface area contributed by atoms with Crippen molar-refractivity contribution >= 4 is 23.2 Å². The zero-order valence-corrected chi connectivity index (χ0v) is 12.9. The Kier molecular flexibility index (Phi) is 4.15. The molecule has 0 aliphatic rings. The van der Waals surface area contributed by atoms with Gasteiger partial charge >= 0.3 is 0 Å².